The summed E-state index contributed by atoms with van der Waals surface area (Å²) in [7, 11) is 0. The average Bonchev–Trinajstić information content (AvgIpc) is 3.22. The lowest BCUT2D eigenvalue weighted by molar-refractivity contribution is -0.230. The third-order valence-electron chi connectivity index (χ3n) is 6.95. The fraction of sp³-hybridized carbons (Fsp3) is 0.500. The van der Waals surface area contributed by atoms with E-state index in [1.165, 1.54) is 4.90 Å². The lowest BCUT2D eigenvalue weighted by Crippen LogP contribution is -2.78. The summed E-state index contributed by atoms with van der Waals surface area (Å²) in [5.74, 6) is -4.13. The summed E-state index contributed by atoms with van der Waals surface area (Å²) < 4.78 is 0. The molecule has 1 spiro atoms. The van der Waals surface area contributed by atoms with Crippen LogP contribution in [0, 0.1) is 0 Å². The maximum absolute atomic E-state index is 13.2. The topological polar surface area (TPSA) is 205 Å². The van der Waals surface area contributed by atoms with Crippen LogP contribution < -0.4 is 27.8 Å². The van der Waals surface area contributed by atoms with Crippen LogP contribution in [0.2, 0.25) is 0 Å². The van der Waals surface area contributed by atoms with Crippen molar-refractivity contribution in [2.45, 2.75) is 55.3 Å². The van der Waals surface area contributed by atoms with E-state index >= 15 is 0 Å². The number of primary amides is 1. The number of aliphatic imine (C=N–C) groups is 2. The van der Waals surface area contributed by atoms with E-state index in [1.54, 1.807) is 6.07 Å². The van der Waals surface area contributed by atoms with Gasteiger partial charge in [-0.2, -0.15) is 0 Å². The van der Waals surface area contributed by atoms with Gasteiger partial charge in [-0.3, -0.25) is 9.59 Å². The van der Waals surface area contributed by atoms with Crippen LogP contribution in [0.3, 0.4) is 0 Å². The molecule has 170 valence electrons. The van der Waals surface area contributed by atoms with Crippen molar-refractivity contribution in [3.63, 3.8) is 0 Å². The second kappa shape index (κ2) is 6.81. The fourth-order valence-electron chi connectivity index (χ4n) is 5.45. The van der Waals surface area contributed by atoms with Gasteiger partial charge in [0.15, 0.2) is 23.6 Å². The fourth-order valence-corrected chi connectivity index (χ4v) is 5.45. The largest absolute Gasteiger partial charge is 0.370 e. The number of benzene rings is 1. The summed E-state index contributed by atoms with van der Waals surface area (Å²) >= 11 is 0. The van der Waals surface area contributed by atoms with E-state index in [-0.39, 0.29) is 18.5 Å². The van der Waals surface area contributed by atoms with Gasteiger partial charge >= 0.3 is 0 Å². The first-order valence-corrected chi connectivity index (χ1v) is 10.5. The number of hydrogen-bond acceptors (Lipinski definition) is 10. The van der Waals surface area contributed by atoms with Crippen molar-refractivity contribution in [1.82, 2.24) is 15.5 Å². The first-order chi connectivity index (χ1) is 15.2. The van der Waals surface area contributed by atoms with Crippen molar-refractivity contribution < 1.29 is 19.8 Å². The minimum atomic E-state index is -2.61. The zero-order valence-electron chi connectivity index (χ0n) is 17.3. The highest BCUT2D eigenvalue weighted by Gasteiger charge is 2.74. The molecule has 1 aromatic carbocycles. The van der Waals surface area contributed by atoms with Crippen molar-refractivity contribution in [3.8, 4) is 0 Å². The minimum Gasteiger partial charge on any atom is -0.370 e. The van der Waals surface area contributed by atoms with Crippen LogP contribution in [0.15, 0.2) is 28.2 Å². The van der Waals surface area contributed by atoms with Gasteiger partial charge in [0.1, 0.15) is 12.1 Å². The highest BCUT2D eigenvalue weighted by atomic mass is 16.5. The monoisotopic (exact) mass is 442 g/mol. The zero-order chi connectivity index (χ0) is 22.8. The molecule has 1 fully saturated rings. The number of nitrogens with two attached hydrogens (primary N) is 3. The number of nitrogens with one attached hydrogen (secondary N) is 2. The highest BCUT2D eigenvalue weighted by molar-refractivity contribution is 5.97. The molecule has 4 atom stereocenters. The molecule has 12 heteroatoms. The summed E-state index contributed by atoms with van der Waals surface area (Å²) in [5.41, 5.74) is 18.2. The second-order valence-corrected chi connectivity index (χ2v) is 8.70. The Morgan fingerprint density at radius 1 is 1.19 bits per heavy atom. The number of aliphatic hydroxyl groups is 2. The van der Waals surface area contributed by atoms with Gasteiger partial charge in [0.05, 0.1) is 0 Å². The number of carbonyl (C=O) groups is 2. The van der Waals surface area contributed by atoms with Crippen LogP contribution in [0.5, 0.6) is 0 Å². The molecule has 1 aromatic rings. The Bertz CT molecular complexity index is 1070. The first kappa shape index (κ1) is 20.5. The SMILES string of the molecule is NC(=O)[C@@H]1N=C(N)N2CC(NC(=O)c3cccc4c3CCCC4)C(O)(O)C23NC(N)=NC13. The van der Waals surface area contributed by atoms with Crippen molar-refractivity contribution in [3.05, 3.63) is 34.9 Å². The van der Waals surface area contributed by atoms with Crippen molar-refractivity contribution >= 4 is 23.7 Å². The van der Waals surface area contributed by atoms with Crippen molar-refractivity contribution in [2.24, 2.45) is 27.2 Å². The van der Waals surface area contributed by atoms with Gasteiger partial charge in [0, 0.05) is 12.1 Å². The molecule has 12 nitrogen and oxygen atoms in total. The molecule has 0 bridgehead atoms. The lowest BCUT2D eigenvalue weighted by Gasteiger charge is -2.48. The summed E-state index contributed by atoms with van der Waals surface area (Å²) in [4.78, 5) is 34.8. The summed E-state index contributed by atoms with van der Waals surface area (Å²) in [5, 5.41) is 28.2. The van der Waals surface area contributed by atoms with E-state index in [9.17, 15) is 19.8 Å². The molecule has 1 saturated heterocycles. The molecule has 5 rings (SSSR count). The van der Waals surface area contributed by atoms with Gasteiger partial charge < -0.3 is 42.9 Å². The molecule has 3 heterocycles. The average molecular weight is 442 g/mol. The predicted octanol–water partition coefficient (Wildman–Crippen LogP) is -3.17. The van der Waals surface area contributed by atoms with Gasteiger partial charge in [-0.15, -0.1) is 0 Å². The van der Waals surface area contributed by atoms with Gasteiger partial charge in [-0.05, 0) is 42.9 Å². The number of fused-ring (bicyclic) bond motifs is 1. The van der Waals surface area contributed by atoms with Crippen LogP contribution in [0.25, 0.3) is 0 Å². The molecule has 4 aliphatic rings. The number of carbonyl (C=O) groups excluding carboxylic acids is 2. The van der Waals surface area contributed by atoms with E-state index in [0.717, 1.165) is 36.8 Å². The van der Waals surface area contributed by atoms with E-state index in [1.807, 2.05) is 12.1 Å². The lowest BCUT2D eigenvalue weighted by atomic mass is 9.84. The van der Waals surface area contributed by atoms with Crippen LogP contribution in [-0.2, 0) is 17.6 Å². The smallest absolute Gasteiger partial charge is 0.252 e. The Hall–Kier alpha value is -3.38. The van der Waals surface area contributed by atoms with E-state index in [2.05, 4.69) is 20.6 Å². The molecule has 10 N–H and O–H groups in total. The van der Waals surface area contributed by atoms with Crippen LogP contribution in [0.4, 0.5) is 0 Å². The summed E-state index contributed by atoms with van der Waals surface area (Å²) in [6, 6.07) is 1.98. The molecule has 0 radical (unpaired) electrons. The van der Waals surface area contributed by atoms with Gasteiger partial charge in [0.2, 0.25) is 11.7 Å². The van der Waals surface area contributed by atoms with Gasteiger partial charge in [-0.25, -0.2) is 9.98 Å². The molecule has 3 aliphatic heterocycles. The molecule has 1 aliphatic carbocycles. The standard InChI is InChI=1S/C20H26N8O4/c21-15(29)13-14-19(27-17(22)26-14)20(31,32)12(8-28(19)18(23)25-13)24-16(30)11-7-3-5-9-4-1-2-6-10(9)11/h3,5,7,12-14,31-32H,1-2,4,6,8H2,(H2,21,29)(H2,23,25)(H,24,30)(H3,22,26,27)/t12?,13-,14?,19?/m1/s1. The van der Waals surface area contributed by atoms with Crippen LogP contribution in [0.1, 0.15) is 34.3 Å². The predicted molar refractivity (Wildman–Crippen MR) is 114 cm³/mol. The molecule has 0 aromatic heterocycles. The Balaban J connectivity index is 1.49. The third-order valence-corrected chi connectivity index (χ3v) is 6.95. The molecular weight excluding hydrogens is 416 g/mol. The minimum absolute atomic E-state index is 0.0963. The molecule has 0 saturated carbocycles. The number of nitrogens with zero attached hydrogens (tertiary/aromatic N) is 3. The molecule has 3 unspecified atom stereocenters. The zero-order valence-corrected chi connectivity index (χ0v) is 17.3. The Morgan fingerprint density at radius 2 is 1.94 bits per heavy atom. The number of hydrogen-bond donors (Lipinski definition) is 7. The number of guanidine groups is 2. The quantitative estimate of drug-likeness (QED) is 0.237. The normalized spacial score (nSPS) is 32.1. The Labute approximate surface area is 183 Å². The highest BCUT2D eigenvalue weighted by Crippen LogP contribution is 2.44. The van der Waals surface area contributed by atoms with Gasteiger partial charge in [0.25, 0.3) is 5.91 Å². The Morgan fingerprint density at radius 3 is 2.69 bits per heavy atom. The van der Waals surface area contributed by atoms with E-state index < -0.39 is 41.4 Å². The summed E-state index contributed by atoms with van der Waals surface area (Å²) in [6.45, 7) is -0.0963. The maximum atomic E-state index is 13.2. The third kappa shape index (κ3) is 2.62. The summed E-state index contributed by atoms with van der Waals surface area (Å²) in [6.07, 6.45) is 3.76. The number of aryl methyl sites for hydroxylation is 1. The Kier molecular flexibility index (Phi) is 4.37. The second-order valence-electron chi connectivity index (χ2n) is 8.70. The van der Waals surface area contributed by atoms with E-state index in [4.69, 9.17) is 17.2 Å². The number of rotatable bonds is 3. The van der Waals surface area contributed by atoms with Crippen molar-refractivity contribution in [2.75, 3.05) is 6.54 Å². The van der Waals surface area contributed by atoms with E-state index in [0.29, 0.717) is 5.56 Å². The van der Waals surface area contributed by atoms with Gasteiger partial charge in [-0.1, -0.05) is 12.1 Å². The van der Waals surface area contributed by atoms with Crippen LogP contribution in [-0.4, -0.2) is 75.0 Å². The van der Waals surface area contributed by atoms with Crippen molar-refractivity contribution in [1.29, 1.82) is 0 Å². The number of amides is 2. The molecule has 32 heavy (non-hydrogen) atoms. The first-order valence-electron chi connectivity index (χ1n) is 10.5. The van der Waals surface area contributed by atoms with Crippen LogP contribution >= 0.6 is 0 Å². The maximum Gasteiger partial charge on any atom is 0.252 e. The molecular formula is C20H26N8O4. The molecule has 2 amide bonds.